The third-order valence-electron chi connectivity index (χ3n) is 7.22. The summed E-state index contributed by atoms with van der Waals surface area (Å²) in [7, 11) is 2.16. The summed E-state index contributed by atoms with van der Waals surface area (Å²) in [6.45, 7) is 4.54. The molecule has 0 amide bonds. The fraction of sp³-hybridized carbons (Fsp3) is 0.296. The number of aromatic nitrogens is 1. The molecule has 0 radical (unpaired) electrons. The van der Waals surface area contributed by atoms with Crippen molar-refractivity contribution >= 4 is 21.5 Å². The van der Waals surface area contributed by atoms with Crippen LogP contribution in [0.15, 0.2) is 48.7 Å². The minimum absolute atomic E-state index is 0.677. The topological polar surface area (TPSA) is 13.1 Å². The van der Waals surface area contributed by atoms with Crippen LogP contribution in [0.3, 0.4) is 0 Å². The molecule has 2 aliphatic rings. The molecule has 4 aromatic rings. The number of hydrogen-bond donors (Lipinski definition) is 0. The molecule has 0 spiro atoms. The summed E-state index contributed by atoms with van der Waals surface area (Å²) in [6, 6.07) is 15.5. The summed E-state index contributed by atoms with van der Waals surface area (Å²) in [5, 5.41) is 5.15. The molecule has 1 aliphatic heterocycles. The Morgan fingerprint density at radius 3 is 2.52 bits per heavy atom. The molecule has 2 heterocycles. The van der Waals surface area contributed by atoms with Gasteiger partial charge >= 0.3 is 0 Å². The quantitative estimate of drug-likeness (QED) is 0.289. The highest BCUT2D eigenvalue weighted by molar-refractivity contribution is 6.06. The molecular formula is C27H26NO+. The van der Waals surface area contributed by atoms with E-state index in [-0.39, 0.29) is 0 Å². The van der Waals surface area contributed by atoms with E-state index in [2.05, 4.69) is 74.1 Å². The van der Waals surface area contributed by atoms with Gasteiger partial charge < -0.3 is 4.74 Å². The van der Waals surface area contributed by atoms with E-state index in [9.17, 15) is 0 Å². The van der Waals surface area contributed by atoms with Crippen LogP contribution in [0.25, 0.3) is 32.8 Å². The van der Waals surface area contributed by atoms with Crippen LogP contribution in [0.1, 0.15) is 48.3 Å². The largest absolute Gasteiger partial charge is 0.456 e. The van der Waals surface area contributed by atoms with Crippen LogP contribution in [-0.4, -0.2) is 0 Å². The molecule has 3 aromatic carbocycles. The molecule has 1 aliphatic carbocycles. The highest BCUT2D eigenvalue weighted by Gasteiger charge is 2.32. The zero-order valence-corrected chi connectivity index (χ0v) is 17.4. The number of pyridine rings is 1. The Morgan fingerprint density at radius 2 is 1.69 bits per heavy atom. The first-order valence-electron chi connectivity index (χ1n) is 10.8. The van der Waals surface area contributed by atoms with Gasteiger partial charge in [0.1, 0.15) is 18.5 Å². The SMILES string of the molecule is Cc1c2c(cc3ccccc13)Oc1cc(C3CCCC3)c(C)c3cc[n+](C)c-2c13. The third kappa shape index (κ3) is 2.32. The maximum absolute atomic E-state index is 6.64. The lowest BCUT2D eigenvalue weighted by atomic mass is 9.86. The highest BCUT2D eigenvalue weighted by Crippen LogP contribution is 2.50. The molecule has 0 unspecified atom stereocenters. The zero-order valence-electron chi connectivity index (χ0n) is 17.4. The monoisotopic (exact) mass is 380 g/mol. The zero-order chi connectivity index (χ0) is 19.7. The summed E-state index contributed by atoms with van der Waals surface area (Å²) >= 11 is 0. The fourth-order valence-corrected chi connectivity index (χ4v) is 5.72. The second-order valence-electron chi connectivity index (χ2n) is 8.83. The minimum Gasteiger partial charge on any atom is -0.456 e. The molecule has 2 heteroatoms. The number of hydrogen-bond acceptors (Lipinski definition) is 1. The van der Waals surface area contributed by atoms with Gasteiger partial charge in [-0.15, -0.1) is 0 Å². The Labute approximate surface area is 171 Å². The molecule has 2 nitrogen and oxygen atoms in total. The van der Waals surface area contributed by atoms with Crippen molar-refractivity contribution in [3.8, 4) is 22.8 Å². The normalized spacial score (nSPS) is 15.7. The van der Waals surface area contributed by atoms with E-state index >= 15 is 0 Å². The maximum atomic E-state index is 6.64. The Morgan fingerprint density at radius 1 is 0.897 bits per heavy atom. The van der Waals surface area contributed by atoms with Gasteiger partial charge in [0, 0.05) is 11.5 Å². The third-order valence-corrected chi connectivity index (χ3v) is 7.22. The first-order valence-corrected chi connectivity index (χ1v) is 10.8. The van der Waals surface area contributed by atoms with Gasteiger partial charge in [-0.05, 0) is 72.2 Å². The predicted octanol–water partition coefficient (Wildman–Crippen LogP) is 6.86. The van der Waals surface area contributed by atoms with Crippen molar-refractivity contribution in [2.75, 3.05) is 0 Å². The Hall–Kier alpha value is -2.87. The number of aryl methyl sites for hydroxylation is 3. The summed E-state index contributed by atoms with van der Waals surface area (Å²) in [5.74, 6) is 2.69. The van der Waals surface area contributed by atoms with E-state index in [0.29, 0.717) is 5.92 Å². The standard InChI is InChI=1S/C27H26NO/c1-16-21-12-13-28(3)27-25-17(2)20-11-7-6-10-19(20)14-23(25)29-24(26(21)27)15-22(16)18-8-4-5-9-18/h6-7,10-15,18H,4-5,8-9H2,1-3H3/q+1. The fourth-order valence-electron chi connectivity index (χ4n) is 5.72. The van der Waals surface area contributed by atoms with E-state index in [1.807, 2.05) is 0 Å². The smallest absolute Gasteiger partial charge is 0.228 e. The molecule has 0 atom stereocenters. The average molecular weight is 381 g/mol. The van der Waals surface area contributed by atoms with Crippen LogP contribution in [0, 0.1) is 13.8 Å². The molecule has 6 rings (SSSR count). The van der Waals surface area contributed by atoms with E-state index in [4.69, 9.17) is 4.74 Å². The molecule has 1 fully saturated rings. The van der Waals surface area contributed by atoms with Crippen LogP contribution in [0.2, 0.25) is 0 Å². The highest BCUT2D eigenvalue weighted by atomic mass is 16.5. The molecule has 1 saturated carbocycles. The van der Waals surface area contributed by atoms with Gasteiger partial charge in [0.25, 0.3) is 0 Å². The second-order valence-corrected chi connectivity index (χ2v) is 8.83. The Bertz CT molecular complexity index is 1310. The summed E-state index contributed by atoms with van der Waals surface area (Å²) < 4.78 is 8.90. The second kappa shape index (κ2) is 6.06. The lowest BCUT2D eigenvalue weighted by Crippen LogP contribution is -2.32. The van der Waals surface area contributed by atoms with Gasteiger partial charge in [0.2, 0.25) is 5.69 Å². The maximum Gasteiger partial charge on any atom is 0.228 e. The number of benzene rings is 3. The number of rotatable bonds is 1. The number of nitrogens with zero attached hydrogens (tertiary/aromatic N) is 1. The van der Waals surface area contributed by atoms with Gasteiger partial charge in [-0.25, -0.2) is 4.57 Å². The molecule has 0 N–H and O–H groups in total. The van der Waals surface area contributed by atoms with Crippen molar-refractivity contribution in [2.24, 2.45) is 7.05 Å². The summed E-state index contributed by atoms with van der Waals surface area (Å²) in [6.07, 6.45) is 7.53. The van der Waals surface area contributed by atoms with Crippen molar-refractivity contribution in [1.82, 2.24) is 0 Å². The molecule has 1 aromatic heterocycles. The van der Waals surface area contributed by atoms with E-state index in [1.165, 1.54) is 75.2 Å². The van der Waals surface area contributed by atoms with Gasteiger partial charge in [0.05, 0.1) is 10.9 Å². The van der Waals surface area contributed by atoms with Gasteiger partial charge in [-0.3, -0.25) is 0 Å². The lowest BCUT2D eigenvalue weighted by molar-refractivity contribution is -0.659. The number of ether oxygens (including phenoxy) is 1. The van der Waals surface area contributed by atoms with Crippen LogP contribution in [0.4, 0.5) is 0 Å². The summed E-state index contributed by atoms with van der Waals surface area (Å²) in [5.41, 5.74) is 6.73. The van der Waals surface area contributed by atoms with Crippen molar-refractivity contribution in [3.05, 3.63) is 65.4 Å². The lowest BCUT2D eigenvalue weighted by Gasteiger charge is -2.25. The van der Waals surface area contributed by atoms with Crippen LogP contribution >= 0.6 is 0 Å². The average Bonchev–Trinajstić information content (AvgIpc) is 3.26. The van der Waals surface area contributed by atoms with Crippen LogP contribution < -0.4 is 9.30 Å². The Kier molecular flexibility index (Phi) is 3.56. The van der Waals surface area contributed by atoms with Crippen molar-refractivity contribution < 1.29 is 9.30 Å². The molecule has 0 saturated heterocycles. The van der Waals surface area contributed by atoms with E-state index < -0.39 is 0 Å². The minimum atomic E-state index is 0.677. The molecular weight excluding hydrogens is 354 g/mol. The molecule has 0 bridgehead atoms. The first-order chi connectivity index (χ1) is 14.1. The van der Waals surface area contributed by atoms with E-state index in [1.54, 1.807) is 0 Å². The molecule has 29 heavy (non-hydrogen) atoms. The van der Waals surface area contributed by atoms with Crippen LogP contribution in [-0.2, 0) is 7.05 Å². The molecule has 144 valence electrons. The van der Waals surface area contributed by atoms with Gasteiger partial charge in [0.15, 0.2) is 6.20 Å². The van der Waals surface area contributed by atoms with Crippen molar-refractivity contribution in [3.63, 3.8) is 0 Å². The van der Waals surface area contributed by atoms with Crippen molar-refractivity contribution in [2.45, 2.75) is 45.4 Å². The van der Waals surface area contributed by atoms with Crippen LogP contribution in [0.5, 0.6) is 11.5 Å². The predicted molar refractivity (Wildman–Crippen MR) is 119 cm³/mol. The van der Waals surface area contributed by atoms with Crippen molar-refractivity contribution in [1.29, 1.82) is 0 Å². The van der Waals surface area contributed by atoms with Gasteiger partial charge in [-0.1, -0.05) is 37.1 Å². The summed E-state index contributed by atoms with van der Waals surface area (Å²) in [4.78, 5) is 0. The van der Waals surface area contributed by atoms with Gasteiger partial charge in [-0.2, -0.15) is 0 Å². The number of fused-ring (bicyclic) bond motifs is 3. The Balaban J connectivity index is 1.72. The first kappa shape index (κ1) is 17.0. The van der Waals surface area contributed by atoms with E-state index in [0.717, 1.165) is 11.5 Å².